The van der Waals surface area contributed by atoms with Crippen LogP contribution in [0, 0.1) is 24.1 Å². The Bertz CT molecular complexity index is 629. The largest absolute Gasteiger partial charge is 0.489 e. The zero-order valence-electron chi connectivity index (χ0n) is 10.3. The fourth-order valence-corrected chi connectivity index (χ4v) is 2.14. The number of benzene rings is 2. The van der Waals surface area contributed by atoms with E-state index in [2.05, 4.69) is 22.0 Å². The molecule has 0 saturated heterocycles. The van der Waals surface area contributed by atoms with Crippen molar-refractivity contribution >= 4 is 15.9 Å². The third kappa shape index (κ3) is 3.55. The lowest BCUT2D eigenvalue weighted by atomic mass is 10.1. The zero-order chi connectivity index (χ0) is 13.8. The smallest absolute Gasteiger partial charge is 0.128 e. The standard InChI is InChI=1S/C15H11BrFNO/c1-10-4-11(8-18)2-3-12(10)9-19-15-6-13(16)5-14(17)7-15/h2-7H,9H2,1H3. The molecule has 0 aliphatic rings. The monoisotopic (exact) mass is 319 g/mol. The predicted molar refractivity (Wildman–Crippen MR) is 74.3 cm³/mol. The molecule has 0 bridgehead atoms. The van der Waals surface area contributed by atoms with Gasteiger partial charge in [0.15, 0.2) is 0 Å². The lowest BCUT2D eigenvalue weighted by Gasteiger charge is -2.09. The first-order valence-electron chi connectivity index (χ1n) is 5.67. The van der Waals surface area contributed by atoms with E-state index >= 15 is 0 Å². The number of halogens is 2. The maximum Gasteiger partial charge on any atom is 0.128 e. The van der Waals surface area contributed by atoms with E-state index in [9.17, 15) is 4.39 Å². The van der Waals surface area contributed by atoms with Gasteiger partial charge in [-0.15, -0.1) is 0 Å². The Morgan fingerprint density at radius 1 is 1.26 bits per heavy atom. The van der Waals surface area contributed by atoms with Crippen molar-refractivity contribution in [2.75, 3.05) is 0 Å². The highest BCUT2D eigenvalue weighted by Gasteiger charge is 2.03. The maximum atomic E-state index is 13.2. The SMILES string of the molecule is Cc1cc(C#N)ccc1COc1cc(F)cc(Br)c1. The van der Waals surface area contributed by atoms with Crippen LogP contribution in [-0.2, 0) is 6.61 Å². The minimum absolute atomic E-state index is 0.341. The summed E-state index contributed by atoms with van der Waals surface area (Å²) in [5.74, 6) is 0.122. The Morgan fingerprint density at radius 2 is 2.05 bits per heavy atom. The van der Waals surface area contributed by atoms with Gasteiger partial charge in [0, 0.05) is 10.5 Å². The first-order valence-corrected chi connectivity index (χ1v) is 6.46. The third-order valence-corrected chi connectivity index (χ3v) is 3.16. The first kappa shape index (κ1) is 13.6. The lowest BCUT2D eigenvalue weighted by Crippen LogP contribution is -1.98. The summed E-state index contributed by atoms with van der Waals surface area (Å²) < 4.78 is 19.4. The molecule has 19 heavy (non-hydrogen) atoms. The number of ether oxygens (including phenoxy) is 1. The molecule has 0 amide bonds. The van der Waals surface area contributed by atoms with Gasteiger partial charge >= 0.3 is 0 Å². The van der Waals surface area contributed by atoms with Crippen LogP contribution >= 0.6 is 15.9 Å². The van der Waals surface area contributed by atoms with Crippen LogP contribution in [0.4, 0.5) is 4.39 Å². The average molecular weight is 320 g/mol. The highest BCUT2D eigenvalue weighted by atomic mass is 79.9. The average Bonchev–Trinajstić information content (AvgIpc) is 2.36. The van der Waals surface area contributed by atoms with Crippen LogP contribution in [0.3, 0.4) is 0 Å². The van der Waals surface area contributed by atoms with Crippen molar-refractivity contribution in [3.63, 3.8) is 0 Å². The number of aryl methyl sites for hydroxylation is 1. The number of hydrogen-bond acceptors (Lipinski definition) is 2. The van der Waals surface area contributed by atoms with Crippen LogP contribution in [0.15, 0.2) is 40.9 Å². The maximum absolute atomic E-state index is 13.2. The lowest BCUT2D eigenvalue weighted by molar-refractivity contribution is 0.303. The van der Waals surface area contributed by atoms with Crippen molar-refractivity contribution in [1.82, 2.24) is 0 Å². The third-order valence-electron chi connectivity index (χ3n) is 2.70. The minimum atomic E-state index is -0.346. The van der Waals surface area contributed by atoms with Crippen LogP contribution in [-0.4, -0.2) is 0 Å². The van der Waals surface area contributed by atoms with Crippen LogP contribution in [0.25, 0.3) is 0 Å². The zero-order valence-corrected chi connectivity index (χ0v) is 11.9. The fourth-order valence-electron chi connectivity index (χ4n) is 1.70. The molecule has 0 aromatic heterocycles. The van der Waals surface area contributed by atoms with Gasteiger partial charge in [0.1, 0.15) is 18.2 Å². The molecular weight excluding hydrogens is 309 g/mol. The topological polar surface area (TPSA) is 33.0 Å². The quantitative estimate of drug-likeness (QED) is 0.842. The van der Waals surface area contributed by atoms with Gasteiger partial charge in [0.25, 0.3) is 0 Å². The minimum Gasteiger partial charge on any atom is -0.489 e. The molecule has 2 aromatic carbocycles. The van der Waals surface area contributed by atoms with Crippen LogP contribution in [0.1, 0.15) is 16.7 Å². The number of hydrogen-bond donors (Lipinski definition) is 0. The number of nitriles is 1. The van der Waals surface area contributed by atoms with Gasteiger partial charge in [0.2, 0.25) is 0 Å². The second kappa shape index (κ2) is 5.85. The highest BCUT2D eigenvalue weighted by molar-refractivity contribution is 9.10. The summed E-state index contributed by atoms with van der Waals surface area (Å²) >= 11 is 3.22. The normalized spacial score (nSPS) is 10.0. The molecule has 0 aliphatic carbocycles. The Labute approximate surface area is 119 Å². The van der Waals surface area contributed by atoms with E-state index in [1.165, 1.54) is 12.1 Å². The molecule has 0 atom stereocenters. The van der Waals surface area contributed by atoms with Crippen molar-refractivity contribution < 1.29 is 9.13 Å². The molecule has 0 N–H and O–H groups in total. The molecule has 2 nitrogen and oxygen atoms in total. The molecule has 0 fully saturated rings. The van der Waals surface area contributed by atoms with E-state index in [0.29, 0.717) is 22.4 Å². The fraction of sp³-hybridized carbons (Fsp3) is 0.133. The van der Waals surface area contributed by atoms with Gasteiger partial charge in [-0.05, 0) is 42.3 Å². The van der Waals surface area contributed by atoms with Gasteiger partial charge in [-0.3, -0.25) is 0 Å². The molecule has 4 heteroatoms. The van der Waals surface area contributed by atoms with E-state index < -0.39 is 0 Å². The number of nitrogens with zero attached hydrogens (tertiary/aromatic N) is 1. The van der Waals surface area contributed by atoms with Crippen LogP contribution in [0.2, 0.25) is 0 Å². The number of rotatable bonds is 3. The summed E-state index contributed by atoms with van der Waals surface area (Å²) in [4.78, 5) is 0. The van der Waals surface area contributed by atoms with E-state index in [4.69, 9.17) is 10.00 Å². The van der Waals surface area contributed by atoms with E-state index in [1.54, 1.807) is 18.2 Å². The van der Waals surface area contributed by atoms with Crippen molar-refractivity contribution in [2.24, 2.45) is 0 Å². The summed E-state index contributed by atoms with van der Waals surface area (Å²) in [6, 6.07) is 11.9. The van der Waals surface area contributed by atoms with Gasteiger partial charge in [0.05, 0.1) is 11.6 Å². The summed E-state index contributed by atoms with van der Waals surface area (Å²) in [6.07, 6.45) is 0. The summed E-state index contributed by atoms with van der Waals surface area (Å²) in [5, 5.41) is 8.79. The molecule has 0 saturated carbocycles. The van der Waals surface area contributed by atoms with Gasteiger partial charge < -0.3 is 4.74 Å². The van der Waals surface area contributed by atoms with Gasteiger partial charge in [-0.1, -0.05) is 22.0 Å². The Kier molecular flexibility index (Phi) is 4.18. The molecule has 2 aromatic rings. The molecule has 2 rings (SSSR count). The summed E-state index contributed by atoms with van der Waals surface area (Å²) in [6.45, 7) is 2.26. The Balaban J connectivity index is 2.12. The van der Waals surface area contributed by atoms with E-state index in [0.717, 1.165) is 11.1 Å². The first-order chi connectivity index (χ1) is 9.08. The summed E-state index contributed by atoms with van der Waals surface area (Å²) in [7, 11) is 0. The molecule has 0 aliphatic heterocycles. The Morgan fingerprint density at radius 3 is 2.68 bits per heavy atom. The second-order valence-electron chi connectivity index (χ2n) is 4.15. The molecule has 0 radical (unpaired) electrons. The van der Waals surface area contributed by atoms with Crippen LogP contribution < -0.4 is 4.74 Å². The molecule has 96 valence electrons. The predicted octanol–water partition coefficient (Wildman–Crippen LogP) is 4.35. The molecule has 0 spiro atoms. The molecule has 0 heterocycles. The van der Waals surface area contributed by atoms with Crippen LogP contribution in [0.5, 0.6) is 5.75 Å². The van der Waals surface area contributed by atoms with E-state index in [-0.39, 0.29) is 5.82 Å². The molecule has 0 unspecified atom stereocenters. The van der Waals surface area contributed by atoms with Crippen molar-refractivity contribution in [3.05, 3.63) is 63.4 Å². The van der Waals surface area contributed by atoms with Crippen molar-refractivity contribution in [3.8, 4) is 11.8 Å². The van der Waals surface area contributed by atoms with Gasteiger partial charge in [-0.2, -0.15) is 5.26 Å². The van der Waals surface area contributed by atoms with E-state index in [1.807, 2.05) is 13.0 Å². The second-order valence-corrected chi connectivity index (χ2v) is 5.06. The van der Waals surface area contributed by atoms with Gasteiger partial charge in [-0.25, -0.2) is 4.39 Å². The Hall–Kier alpha value is -1.86. The highest BCUT2D eigenvalue weighted by Crippen LogP contribution is 2.22. The van der Waals surface area contributed by atoms with Crippen molar-refractivity contribution in [1.29, 1.82) is 5.26 Å². The summed E-state index contributed by atoms with van der Waals surface area (Å²) in [5.41, 5.74) is 2.57. The van der Waals surface area contributed by atoms with Crippen molar-refractivity contribution in [2.45, 2.75) is 13.5 Å². The molecular formula is C15H11BrFNO.